The van der Waals surface area contributed by atoms with Gasteiger partial charge < -0.3 is 5.32 Å². The van der Waals surface area contributed by atoms with Crippen molar-refractivity contribution in [3.63, 3.8) is 0 Å². The van der Waals surface area contributed by atoms with Crippen molar-refractivity contribution < 1.29 is 0 Å². The number of hydrogen-bond acceptors (Lipinski definition) is 2. The summed E-state index contributed by atoms with van der Waals surface area (Å²) in [6.45, 7) is 8.31. The summed E-state index contributed by atoms with van der Waals surface area (Å²) in [5.74, 6) is 0. The highest BCUT2D eigenvalue weighted by atomic mass is 127. The third-order valence-corrected chi connectivity index (χ3v) is 3.73. The summed E-state index contributed by atoms with van der Waals surface area (Å²) < 4.78 is 3.30. The van der Waals surface area contributed by atoms with E-state index in [4.69, 9.17) is 0 Å². The van der Waals surface area contributed by atoms with E-state index in [1.165, 1.54) is 19.3 Å². The second-order valence-corrected chi connectivity index (χ2v) is 6.62. The van der Waals surface area contributed by atoms with E-state index >= 15 is 0 Å². The van der Waals surface area contributed by atoms with Crippen LogP contribution in [0.5, 0.6) is 0 Å². The molecule has 2 atom stereocenters. The van der Waals surface area contributed by atoms with Crippen LogP contribution in [0.3, 0.4) is 0 Å². The molecule has 1 fully saturated rings. The second-order valence-electron chi connectivity index (χ2n) is 5.86. The Kier molecular flexibility index (Phi) is 4.23. The molecule has 1 aliphatic carbocycles. The van der Waals surface area contributed by atoms with Gasteiger partial charge in [-0.25, -0.2) is 0 Å². The first-order valence-corrected chi connectivity index (χ1v) is 6.49. The summed E-state index contributed by atoms with van der Waals surface area (Å²) in [4.78, 5) is 0. The topological polar surface area (TPSA) is 24.1 Å². The van der Waals surface area contributed by atoms with E-state index in [0.717, 1.165) is 6.54 Å². The molecule has 0 bridgehead atoms. The van der Waals surface area contributed by atoms with E-state index in [0.29, 0.717) is 16.9 Å². The van der Waals surface area contributed by atoms with Crippen LogP contribution in [0.25, 0.3) is 0 Å². The number of nitrogens with one attached hydrogen (secondary N) is 2. The Bertz CT molecular complexity index is 194. The number of hydrogen-bond donors (Lipinski definition) is 2. The molecule has 0 aromatic heterocycles. The fourth-order valence-corrected chi connectivity index (χ4v) is 4.05. The Morgan fingerprint density at radius 1 is 1.29 bits per heavy atom. The van der Waals surface area contributed by atoms with Gasteiger partial charge in [0.2, 0.25) is 0 Å². The minimum atomic E-state index is 0.455. The van der Waals surface area contributed by atoms with E-state index in [9.17, 15) is 0 Å². The first-order chi connectivity index (χ1) is 6.41. The molecule has 14 heavy (non-hydrogen) atoms. The molecule has 0 amide bonds. The Morgan fingerprint density at radius 2 is 1.93 bits per heavy atom. The molecule has 0 heterocycles. The first kappa shape index (κ1) is 12.7. The molecule has 2 unspecified atom stereocenters. The van der Waals surface area contributed by atoms with Gasteiger partial charge in [-0.2, -0.15) is 0 Å². The van der Waals surface area contributed by atoms with Crippen molar-refractivity contribution in [3.05, 3.63) is 0 Å². The minimum Gasteiger partial charge on any atom is -0.317 e. The van der Waals surface area contributed by atoms with Crippen LogP contribution in [0, 0.1) is 10.8 Å². The molecule has 1 saturated carbocycles. The zero-order chi connectivity index (χ0) is 10.8. The number of rotatable bonds is 3. The van der Waals surface area contributed by atoms with Crippen LogP contribution in [-0.2, 0) is 0 Å². The van der Waals surface area contributed by atoms with Gasteiger partial charge in [-0.3, -0.25) is 3.53 Å². The second kappa shape index (κ2) is 4.66. The predicted octanol–water partition coefficient (Wildman–Crippen LogP) is 2.73. The van der Waals surface area contributed by atoms with Crippen LogP contribution in [0.15, 0.2) is 0 Å². The van der Waals surface area contributed by atoms with Crippen molar-refractivity contribution in [1.82, 2.24) is 8.85 Å². The summed E-state index contributed by atoms with van der Waals surface area (Å²) in [6, 6.07) is 0.688. The van der Waals surface area contributed by atoms with Gasteiger partial charge in [0.25, 0.3) is 0 Å². The highest BCUT2D eigenvalue weighted by Crippen LogP contribution is 2.45. The SMILES string of the molecule is CNC1CC(C)(C)CC(C)(CNI)C1. The first-order valence-electron chi connectivity index (χ1n) is 5.42. The van der Waals surface area contributed by atoms with Crippen LogP contribution >= 0.6 is 22.9 Å². The Balaban J connectivity index is 2.69. The molecular formula is C11H23IN2. The van der Waals surface area contributed by atoms with Crippen LogP contribution < -0.4 is 8.85 Å². The molecule has 0 radical (unpaired) electrons. The lowest BCUT2D eigenvalue weighted by atomic mass is 9.63. The average molecular weight is 310 g/mol. The highest BCUT2D eigenvalue weighted by Gasteiger charge is 2.40. The van der Waals surface area contributed by atoms with Crippen molar-refractivity contribution in [2.24, 2.45) is 10.8 Å². The molecule has 0 saturated heterocycles. The average Bonchev–Trinajstić information content (AvgIpc) is 2.00. The molecule has 1 aliphatic rings. The number of halogens is 1. The normalized spacial score (nSPS) is 37.1. The van der Waals surface area contributed by atoms with Gasteiger partial charge in [0.1, 0.15) is 0 Å². The van der Waals surface area contributed by atoms with Crippen LogP contribution in [-0.4, -0.2) is 19.6 Å². The van der Waals surface area contributed by atoms with Crippen molar-refractivity contribution in [2.45, 2.75) is 46.1 Å². The molecule has 3 heteroatoms. The van der Waals surface area contributed by atoms with E-state index in [1.807, 2.05) is 0 Å². The fourth-order valence-electron chi connectivity index (χ4n) is 3.13. The van der Waals surface area contributed by atoms with E-state index in [1.54, 1.807) is 0 Å². The largest absolute Gasteiger partial charge is 0.317 e. The molecule has 1 rings (SSSR count). The Hall–Kier alpha value is 0.650. The smallest absolute Gasteiger partial charge is 0.0169 e. The Morgan fingerprint density at radius 3 is 2.43 bits per heavy atom. The maximum Gasteiger partial charge on any atom is 0.0169 e. The van der Waals surface area contributed by atoms with Crippen molar-refractivity contribution in [1.29, 1.82) is 0 Å². The lowest BCUT2D eigenvalue weighted by Crippen LogP contribution is -2.46. The summed E-state index contributed by atoms with van der Waals surface area (Å²) >= 11 is 2.26. The summed E-state index contributed by atoms with van der Waals surface area (Å²) in [5.41, 5.74) is 0.935. The summed E-state index contributed by atoms with van der Waals surface area (Å²) in [6.07, 6.45) is 3.93. The van der Waals surface area contributed by atoms with Gasteiger partial charge in [0.15, 0.2) is 0 Å². The van der Waals surface area contributed by atoms with Crippen molar-refractivity contribution in [3.8, 4) is 0 Å². The van der Waals surface area contributed by atoms with Crippen molar-refractivity contribution >= 4 is 22.9 Å². The van der Waals surface area contributed by atoms with Gasteiger partial charge in [0, 0.05) is 35.5 Å². The van der Waals surface area contributed by atoms with Gasteiger partial charge >= 0.3 is 0 Å². The quantitative estimate of drug-likeness (QED) is 0.619. The molecule has 84 valence electrons. The van der Waals surface area contributed by atoms with E-state index < -0.39 is 0 Å². The van der Waals surface area contributed by atoms with Gasteiger partial charge in [-0.15, -0.1) is 0 Å². The molecule has 2 N–H and O–H groups in total. The van der Waals surface area contributed by atoms with E-state index in [2.05, 4.69) is 59.5 Å². The van der Waals surface area contributed by atoms with Crippen molar-refractivity contribution in [2.75, 3.05) is 13.6 Å². The molecule has 0 aromatic rings. The van der Waals surface area contributed by atoms with Crippen LogP contribution in [0.4, 0.5) is 0 Å². The predicted molar refractivity (Wildman–Crippen MR) is 70.6 cm³/mol. The lowest BCUT2D eigenvalue weighted by Gasteiger charge is -2.46. The summed E-state index contributed by atoms with van der Waals surface area (Å²) in [5, 5.41) is 3.44. The van der Waals surface area contributed by atoms with Gasteiger partial charge in [-0.05, 0) is 37.1 Å². The zero-order valence-electron chi connectivity index (χ0n) is 9.78. The van der Waals surface area contributed by atoms with Crippen LogP contribution in [0.2, 0.25) is 0 Å². The highest BCUT2D eigenvalue weighted by molar-refractivity contribution is 14.1. The lowest BCUT2D eigenvalue weighted by molar-refractivity contribution is 0.0785. The standard InChI is InChI=1S/C11H23IN2/c1-10(2)5-9(13-4)6-11(3,7-10)8-14-12/h9,13-14H,5-8H2,1-4H3. The maximum absolute atomic E-state index is 3.44. The fraction of sp³-hybridized carbons (Fsp3) is 1.00. The van der Waals surface area contributed by atoms with Crippen LogP contribution in [0.1, 0.15) is 40.0 Å². The molecule has 0 aromatic carbocycles. The van der Waals surface area contributed by atoms with Gasteiger partial charge in [-0.1, -0.05) is 20.8 Å². The Labute approximate surface area is 102 Å². The molecular weight excluding hydrogens is 287 g/mol. The zero-order valence-corrected chi connectivity index (χ0v) is 11.9. The summed E-state index contributed by atoms with van der Waals surface area (Å²) in [7, 11) is 2.09. The monoisotopic (exact) mass is 310 g/mol. The maximum atomic E-state index is 3.44. The third kappa shape index (κ3) is 3.35. The molecule has 0 aliphatic heterocycles. The van der Waals surface area contributed by atoms with Gasteiger partial charge in [0.05, 0.1) is 0 Å². The minimum absolute atomic E-state index is 0.455. The molecule has 0 spiro atoms. The van der Waals surface area contributed by atoms with E-state index in [-0.39, 0.29) is 0 Å². The molecule has 2 nitrogen and oxygen atoms in total. The third-order valence-electron chi connectivity index (χ3n) is 3.35.